The summed E-state index contributed by atoms with van der Waals surface area (Å²) in [4.78, 5) is 28.1. The van der Waals surface area contributed by atoms with Gasteiger partial charge in [-0.3, -0.25) is 9.59 Å². The Balaban J connectivity index is 2.04. The maximum atomic E-state index is 13.2. The van der Waals surface area contributed by atoms with E-state index in [-0.39, 0.29) is 30.4 Å². The first-order valence-corrected chi connectivity index (χ1v) is 16.2. The molecule has 0 saturated heterocycles. The van der Waals surface area contributed by atoms with Crippen LogP contribution < -0.4 is 10.6 Å². The fourth-order valence-electron chi connectivity index (χ4n) is 5.10. The highest BCUT2D eigenvalue weighted by Gasteiger charge is 2.31. The van der Waals surface area contributed by atoms with Gasteiger partial charge in [-0.05, 0) is 38.4 Å². The molecule has 9 nitrogen and oxygen atoms in total. The van der Waals surface area contributed by atoms with E-state index in [9.17, 15) is 28.2 Å². The van der Waals surface area contributed by atoms with Crippen LogP contribution in [0.1, 0.15) is 51.0 Å². The van der Waals surface area contributed by atoms with Crippen molar-refractivity contribution in [3.8, 4) is 0 Å². The van der Waals surface area contributed by atoms with Crippen molar-refractivity contribution in [3.05, 3.63) is 48.6 Å². The first-order chi connectivity index (χ1) is 18.9. The van der Waals surface area contributed by atoms with Crippen molar-refractivity contribution in [2.75, 3.05) is 38.7 Å². The molecule has 2 rings (SSSR count). The predicted octanol–water partition coefficient (Wildman–Crippen LogP) is 1.94. The highest BCUT2D eigenvalue weighted by atomic mass is 32.2. The van der Waals surface area contributed by atoms with Crippen LogP contribution in [0.25, 0.3) is 0 Å². The predicted molar refractivity (Wildman–Crippen MR) is 158 cm³/mol. The number of aliphatic hydroxyl groups is 2. The Kier molecular flexibility index (Phi) is 14.3. The van der Waals surface area contributed by atoms with Gasteiger partial charge in [-0.15, -0.1) is 6.58 Å². The molecule has 0 aliphatic heterocycles. The zero-order chi connectivity index (χ0) is 29.7. The quantitative estimate of drug-likeness (QED) is 0.207. The van der Waals surface area contributed by atoms with Gasteiger partial charge in [0.2, 0.25) is 11.8 Å². The summed E-state index contributed by atoms with van der Waals surface area (Å²) in [7, 11) is 0.110. The molecule has 1 saturated carbocycles. The van der Waals surface area contributed by atoms with Crippen LogP contribution in [0.2, 0.25) is 0 Å². The minimum Gasteiger partial charge on any atom is -0.388 e. The van der Waals surface area contributed by atoms with Gasteiger partial charge in [-0.2, -0.15) is 0 Å². The molecular weight excluding hydrogens is 530 g/mol. The second-order valence-corrected chi connectivity index (χ2v) is 13.8. The number of carbonyl (C=O) groups is 2. The maximum Gasteiger partial charge on any atom is 0.224 e. The number of aliphatic hydroxyl groups excluding tert-OH is 2. The van der Waals surface area contributed by atoms with Gasteiger partial charge in [0.1, 0.15) is 6.10 Å². The van der Waals surface area contributed by atoms with Crippen LogP contribution in [-0.2, 0) is 25.8 Å². The average Bonchev–Trinajstić information content (AvgIpc) is 2.94. The lowest BCUT2D eigenvalue weighted by molar-refractivity contribution is -0.128. The fourth-order valence-corrected chi connectivity index (χ4v) is 6.79. The highest BCUT2D eigenvalue weighted by Crippen LogP contribution is 2.28. The number of nitrogens with one attached hydrogen (secondary N) is 2. The van der Waals surface area contributed by atoms with Gasteiger partial charge in [0.25, 0.3) is 0 Å². The van der Waals surface area contributed by atoms with Crippen molar-refractivity contribution < 1.29 is 28.2 Å². The molecule has 0 radical (unpaired) electrons. The third kappa shape index (κ3) is 12.1. The molecule has 40 heavy (non-hydrogen) atoms. The van der Waals surface area contributed by atoms with Gasteiger partial charge >= 0.3 is 0 Å². The van der Waals surface area contributed by atoms with Crippen LogP contribution in [-0.4, -0.2) is 92.3 Å². The lowest BCUT2D eigenvalue weighted by Gasteiger charge is -2.32. The van der Waals surface area contributed by atoms with E-state index in [1.807, 2.05) is 30.3 Å². The fraction of sp³-hybridized carbons (Fsp3) is 0.667. The molecule has 0 bridgehead atoms. The molecule has 4 N–H and O–H groups in total. The van der Waals surface area contributed by atoms with Crippen LogP contribution in [0.5, 0.6) is 0 Å². The van der Waals surface area contributed by atoms with Crippen LogP contribution in [0.4, 0.5) is 0 Å². The van der Waals surface area contributed by atoms with E-state index in [1.165, 1.54) is 12.5 Å². The van der Waals surface area contributed by atoms with Gasteiger partial charge in [0.05, 0.1) is 35.5 Å². The van der Waals surface area contributed by atoms with E-state index >= 15 is 0 Å². The summed E-state index contributed by atoms with van der Waals surface area (Å²) in [6.45, 7) is 5.61. The van der Waals surface area contributed by atoms with Gasteiger partial charge in [0, 0.05) is 13.1 Å². The van der Waals surface area contributed by atoms with Crippen molar-refractivity contribution in [2.45, 2.75) is 70.1 Å². The summed E-state index contributed by atoms with van der Waals surface area (Å²) < 4.78 is 25.6. The Labute approximate surface area is 240 Å². The number of carbonyl (C=O) groups excluding carboxylic acids is 2. The Morgan fingerprint density at radius 3 is 2.35 bits per heavy atom. The van der Waals surface area contributed by atoms with Gasteiger partial charge in [-0.25, -0.2) is 8.42 Å². The molecule has 1 aromatic carbocycles. The molecule has 5 unspecified atom stereocenters. The lowest BCUT2D eigenvalue weighted by atomic mass is 9.83. The monoisotopic (exact) mass is 579 g/mol. The van der Waals surface area contributed by atoms with Crippen molar-refractivity contribution in [2.24, 2.45) is 17.8 Å². The maximum absolute atomic E-state index is 13.2. The molecule has 226 valence electrons. The van der Waals surface area contributed by atoms with Crippen molar-refractivity contribution in [1.29, 1.82) is 0 Å². The SMILES string of the molecule is C=CC(O)C(O)C(CC1CCCCC1)NC(=O)C(C)CNC(=O)C(Cc1ccccc1)CS(=O)(=O)CCN(C)C. The smallest absolute Gasteiger partial charge is 0.224 e. The second kappa shape index (κ2) is 16.9. The van der Waals surface area contributed by atoms with Gasteiger partial charge < -0.3 is 25.7 Å². The summed E-state index contributed by atoms with van der Waals surface area (Å²) in [5, 5.41) is 26.5. The third-order valence-corrected chi connectivity index (χ3v) is 9.39. The van der Waals surface area contributed by atoms with Crippen LogP contribution in [0.3, 0.4) is 0 Å². The number of amides is 2. The van der Waals surface area contributed by atoms with E-state index in [2.05, 4.69) is 17.2 Å². The zero-order valence-corrected chi connectivity index (χ0v) is 25.1. The van der Waals surface area contributed by atoms with E-state index in [1.54, 1.807) is 25.9 Å². The van der Waals surface area contributed by atoms with E-state index in [0.717, 1.165) is 31.2 Å². The number of rotatable bonds is 17. The topological polar surface area (TPSA) is 136 Å². The molecule has 2 amide bonds. The molecule has 1 fully saturated rings. The van der Waals surface area contributed by atoms with Crippen molar-refractivity contribution in [3.63, 3.8) is 0 Å². The number of sulfone groups is 1. The normalized spacial score (nSPS) is 18.4. The molecule has 10 heteroatoms. The molecule has 0 aromatic heterocycles. The molecule has 1 aromatic rings. The standard InChI is InChI=1S/C30H49N3O6S/c1-5-27(34)28(35)26(19-24-14-10-7-11-15-24)32-29(36)22(2)20-31-30(37)25(18-23-12-8-6-9-13-23)21-40(38,39)17-16-33(3)4/h5-6,8-9,12-13,22,24-28,34-35H,1,7,10-11,14-21H2,2-4H3,(H,31,37)(H,32,36). The lowest BCUT2D eigenvalue weighted by Crippen LogP contribution is -2.51. The molecule has 5 atom stereocenters. The van der Waals surface area contributed by atoms with E-state index < -0.39 is 45.8 Å². The van der Waals surface area contributed by atoms with Crippen molar-refractivity contribution in [1.82, 2.24) is 15.5 Å². The minimum absolute atomic E-state index is 0.0178. The first kappa shape index (κ1) is 33.9. The Morgan fingerprint density at radius 1 is 1.10 bits per heavy atom. The Bertz CT molecular complexity index is 1030. The second-order valence-electron chi connectivity index (χ2n) is 11.5. The zero-order valence-electron chi connectivity index (χ0n) is 24.3. The number of nitrogens with zero attached hydrogens (tertiary/aromatic N) is 1. The molecule has 1 aliphatic carbocycles. The van der Waals surface area contributed by atoms with Crippen LogP contribution in [0.15, 0.2) is 43.0 Å². The van der Waals surface area contributed by atoms with Crippen molar-refractivity contribution >= 4 is 21.7 Å². The Hall–Kier alpha value is -2.27. The summed E-state index contributed by atoms with van der Waals surface area (Å²) in [6.07, 6.45) is 5.18. The third-order valence-electron chi connectivity index (χ3n) is 7.67. The molecular formula is C30H49N3O6S. The van der Waals surface area contributed by atoms with Gasteiger partial charge in [-0.1, -0.05) is 75.4 Å². The number of hydrogen-bond acceptors (Lipinski definition) is 7. The molecule has 0 heterocycles. The summed E-state index contributed by atoms with van der Waals surface area (Å²) in [5.74, 6) is -2.17. The Morgan fingerprint density at radius 2 is 1.75 bits per heavy atom. The van der Waals surface area contributed by atoms with Gasteiger partial charge in [0.15, 0.2) is 9.84 Å². The largest absolute Gasteiger partial charge is 0.388 e. The minimum atomic E-state index is -3.49. The van der Waals surface area contributed by atoms with E-state index in [0.29, 0.717) is 18.9 Å². The molecule has 1 aliphatic rings. The first-order valence-electron chi connectivity index (χ1n) is 14.4. The molecule has 0 spiro atoms. The summed E-state index contributed by atoms with van der Waals surface area (Å²) >= 11 is 0. The average molecular weight is 580 g/mol. The number of benzene rings is 1. The number of hydrogen-bond donors (Lipinski definition) is 4. The highest BCUT2D eigenvalue weighted by molar-refractivity contribution is 7.91. The van der Waals surface area contributed by atoms with Crippen LogP contribution >= 0.6 is 0 Å². The van der Waals surface area contributed by atoms with E-state index in [4.69, 9.17) is 0 Å². The summed E-state index contributed by atoms with van der Waals surface area (Å²) in [6, 6.07) is 8.63. The van der Waals surface area contributed by atoms with Crippen LogP contribution in [0, 0.1) is 17.8 Å². The summed E-state index contributed by atoms with van der Waals surface area (Å²) in [5.41, 5.74) is 0.858.